The molecule has 0 aromatic carbocycles. The SMILES string of the molecule is CC(C)CN(CCN(C)C)C(=S)NC1CCCCC1C. The maximum atomic E-state index is 5.68. The van der Waals surface area contributed by atoms with Crippen LogP contribution >= 0.6 is 12.2 Å². The molecule has 1 saturated carbocycles. The summed E-state index contributed by atoms with van der Waals surface area (Å²) in [5, 5.41) is 4.59. The summed E-state index contributed by atoms with van der Waals surface area (Å²) in [4.78, 5) is 4.57. The number of hydrogen-bond acceptors (Lipinski definition) is 2. The molecule has 2 unspecified atom stereocenters. The summed E-state index contributed by atoms with van der Waals surface area (Å²) in [7, 11) is 4.24. The van der Waals surface area contributed by atoms with Crippen LogP contribution < -0.4 is 5.32 Å². The van der Waals surface area contributed by atoms with Gasteiger partial charge in [0.2, 0.25) is 0 Å². The molecule has 4 heteroatoms. The van der Waals surface area contributed by atoms with Gasteiger partial charge in [-0.25, -0.2) is 0 Å². The summed E-state index contributed by atoms with van der Waals surface area (Å²) in [5.74, 6) is 1.39. The molecule has 0 saturated heterocycles. The highest BCUT2D eigenvalue weighted by Crippen LogP contribution is 2.23. The average molecular weight is 300 g/mol. The predicted octanol–water partition coefficient (Wildman–Crippen LogP) is 2.96. The minimum absolute atomic E-state index is 0.574. The van der Waals surface area contributed by atoms with Crippen LogP contribution in [0.25, 0.3) is 0 Å². The van der Waals surface area contributed by atoms with Crippen molar-refractivity contribution in [3.8, 4) is 0 Å². The summed E-state index contributed by atoms with van der Waals surface area (Å²) >= 11 is 5.68. The van der Waals surface area contributed by atoms with Gasteiger partial charge in [0.25, 0.3) is 0 Å². The number of nitrogens with one attached hydrogen (secondary N) is 1. The van der Waals surface area contributed by atoms with Crippen molar-refractivity contribution in [3.63, 3.8) is 0 Å². The van der Waals surface area contributed by atoms with Crippen LogP contribution in [0.1, 0.15) is 46.5 Å². The molecule has 1 fully saturated rings. The number of likely N-dealkylation sites (N-methyl/N-ethyl adjacent to an activating group) is 1. The lowest BCUT2D eigenvalue weighted by Crippen LogP contribution is -2.50. The van der Waals surface area contributed by atoms with E-state index in [0.717, 1.165) is 30.7 Å². The standard InChI is InChI=1S/C16H33N3S/c1-13(2)12-19(11-10-18(4)5)16(20)17-15-9-7-6-8-14(15)3/h13-15H,6-12H2,1-5H3,(H,17,20). The Balaban J connectivity index is 2.52. The largest absolute Gasteiger partial charge is 0.360 e. The van der Waals surface area contributed by atoms with Gasteiger partial charge in [-0.3, -0.25) is 0 Å². The highest BCUT2D eigenvalue weighted by atomic mass is 32.1. The van der Waals surface area contributed by atoms with Crippen molar-refractivity contribution in [2.75, 3.05) is 33.7 Å². The Morgan fingerprint density at radius 1 is 1.20 bits per heavy atom. The molecule has 1 N–H and O–H groups in total. The maximum Gasteiger partial charge on any atom is 0.169 e. The molecule has 20 heavy (non-hydrogen) atoms. The Hall–Kier alpha value is -0.350. The smallest absolute Gasteiger partial charge is 0.169 e. The molecule has 2 atom stereocenters. The van der Waals surface area contributed by atoms with Gasteiger partial charge in [-0.2, -0.15) is 0 Å². The van der Waals surface area contributed by atoms with Gasteiger partial charge in [-0.05, 0) is 51.0 Å². The summed E-state index contributed by atoms with van der Waals surface area (Å²) in [5.41, 5.74) is 0. The minimum atomic E-state index is 0.574. The minimum Gasteiger partial charge on any atom is -0.360 e. The summed E-state index contributed by atoms with van der Waals surface area (Å²) in [6.07, 6.45) is 5.32. The first kappa shape index (κ1) is 17.7. The van der Waals surface area contributed by atoms with Crippen LogP contribution in [0.2, 0.25) is 0 Å². The molecule has 0 aliphatic heterocycles. The highest BCUT2D eigenvalue weighted by Gasteiger charge is 2.23. The first-order valence-corrected chi connectivity index (χ1v) is 8.51. The molecule has 0 bridgehead atoms. The maximum absolute atomic E-state index is 5.68. The summed E-state index contributed by atoms with van der Waals surface area (Å²) < 4.78 is 0. The van der Waals surface area contributed by atoms with E-state index in [1.54, 1.807) is 0 Å². The quantitative estimate of drug-likeness (QED) is 0.760. The van der Waals surface area contributed by atoms with Crippen molar-refractivity contribution in [3.05, 3.63) is 0 Å². The van der Waals surface area contributed by atoms with Crippen LogP contribution in [-0.4, -0.2) is 54.7 Å². The van der Waals surface area contributed by atoms with Crippen molar-refractivity contribution in [1.82, 2.24) is 15.1 Å². The van der Waals surface area contributed by atoms with Gasteiger partial charge in [0.15, 0.2) is 5.11 Å². The number of nitrogens with zero attached hydrogens (tertiary/aromatic N) is 2. The zero-order chi connectivity index (χ0) is 15.1. The number of thiocarbonyl (C=S) groups is 1. The van der Waals surface area contributed by atoms with Gasteiger partial charge < -0.3 is 15.1 Å². The summed E-state index contributed by atoms with van der Waals surface area (Å²) in [6, 6.07) is 0.574. The monoisotopic (exact) mass is 299 g/mol. The summed E-state index contributed by atoms with van der Waals surface area (Å²) in [6.45, 7) is 9.97. The van der Waals surface area contributed by atoms with Crippen molar-refractivity contribution < 1.29 is 0 Å². The van der Waals surface area contributed by atoms with Gasteiger partial charge in [-0.1, -0.05) is 33.6 Å². The molecule has 118 valence electrons. The number of rotatable bonds is 6. The van der Waals surface area contributed by atoms with Crippen LogP contribution in [0.15, 0.2) is 0 Å². The third kappa shape index (κ3) is 6.40. The Labute approximate surface area is 131 Å². The molecular formula is C16H33N3S. The van der Waals surface area contributed by atoms with Crippen molar-refractivity contribution in [2.24, 2.45) is 11.8 Å². The zero-order valence-electron chi connectivity index (χ0n) is 14.0. The van der Waals surface area contributed by atoms with E-state index in [1.165, 1.54) is 25.7 Å². The fourth-order valence-electron chi connectivity index (χ4n) is 2.82. The van der Waals surface area contributed by atoms with E-state index in [0.29, 0.717) is 12.0 Å². The van der Waals surface area contributed by atoms with Gasteiger partial charge in [0.05, 0.1) is 0 Å². The lowest BCUT2D eigenvalue weighted by molar-refractivity contribution is 0.277. The van der Waals surface area contributed by atoms with Crippen LogP contribution in [-0.2, 0) is 0 Å². The normalized spacial score (nSPS) is 23.1. The van der Waals surface area contributed by atoms with Crippen LogP contribution in [0.3, 0.4) is 0 Å². The van der Waals surface area contributed by atoms with Crippen LogP contribution in [0, 0.1) is 11.8 Å². The van der Waals surface area contributed by atoms with Crippen molar-refractivity contribution in [2.45, 2.75) is 52.5 Å². The van der Waals surface area contributed by atoms with Gasteiger partial charge >= 0.3 is 0 Å². The van der Waals surface area contributed by atoms with E-state index in [-0.39, 0.29) is 0 Å². The molecular weight excluding hydrogens is 266 g/mol. The fourth-order valence-corrected chi connectivity index (χ4v) is 3.14. The first-order chi connectivity index (χ1) is 9.40. The van der Waals surface area contributed by atoms with Crippen molar-refractivity contribution >= 4 is 17.3 Å². The van der Waals surface area contributed by atoms with E-state index in [1.807, 2.05) is 0 Å². The second-order valence-electron chi connectivity index (χ2n) is 6.96. The Bertz CT molecular complexity index is 291. The molecule has 0 aromatic heterocycles. The average Bonchev–Trinajstić information content (AvgIpc) is 2.36. The van der Waals surface area contributed by atoms with Gasteiger partial charge in [-0.15, -0.1) is 0 Å². The lowest BCUT2D eigenvalue weighted by Gasteiger charge is -2.35. The van der Waals surface area contributed by atoms with Crippen LogP contribution in [0.5, 0.6) is 0 Å². The molecule has 0 aromatic rings. The lowest BCUT2D eigenvalue weighted by atomic mass is 9.86. The Morgan fingerprint density at radius 3 is 2.40 bits per heavy atom. The van der Waals surface area contributed by atoms with Gasteiger partial charge in [0, 0.05) is 25.7 Å². The molecule has 0 amide bonds. The number of hydrogen-bond donors (Lipinski definition) is 1. The second-order valence-corrected chi connectivity index (χ2v) is 7.35. The van der Waals surface area contributed by atoms with E-state index >= 15 is 0 Å². The van der Waals surface area contributed by atoms with Crippen molar-refractivity contribution in [1.29, 1.82) is 0 Å². The second kappa shape index (κ2) is 8.83. The molecule has 1 rings (SSSR count). The Morgan fingerprint density at radius 2 is 1.85 bits per heavy atom. The molecule has 0 heterocycles. The van der Waals surface area contributed by atoms with E-state index in [4.69, 9.17) is 12.2 Å². The zero-order valence-corrected chi connectivity index (χ0v) is 14.8. The van der Waals surface area contributed by atoms with E-state index in [9.17, 15) is 0 Å². The Kier molecular flexibility index (Phi) is 7.82. The molecule has 0 spiro atoms. The molecule has 3 nitrogen and oxygen atoms in total. The fraction of sp³-hybridized carbons (Fsp3) is 0.938. The molecule has 1 aliphatic rings. The predicted molar refractivity (Wildman–Crippen MR) is 92.1 cm³/mol. The third-order valence-electron chi connectivity index (χ3n) is 4.11. The molecule has 0 radical (unpaired) electrons. The van der Waals surface area contributed by atoms with Gasteiger partial charge in [0.1, 0.15) is 0 Å². The highest BCUT2D eigenvalue weighted by molar-refractivity contribution is 7.80. The van der Waals surface area contributed by atoms with E-state index in [2.05, 4.69) is 50.0 Å². The van der Waals surface area contributed by atoms with E-state index < -0.39 is 0 Å². The first-order valence-electron chi connectivity index (χ1n) is 8.10. The topological polar surface area (TPSA) is 18.5 Å². The molecule has 1 aliphatic carbocycles. The van der Waals surface area contributed by atoms with Crippen LogP contribution in [0.4, 0.5) is 0 Å². The third-order valence-corrected chi connectivity index (χ3v) is 4.49.